The van der Waals surface area contributed by atoms with Gasteiger partial charge in [-0.2, -0.15) is 4.98 Å². The maximum Gasteiger partial charge on any atom is 0.318 e. The van der Waals surface area contributed by atoms with Crippen LogP contribution >= 0.6 is 11.6 Å². The first-order chi connectivity index (χ1) is 16.9. The lowest BCUT2D eigenvalue weighted by Gasteiger charge is -2.33. The van der Waals surface area contributed by atoms with Crippen molar-refractivity contribution >= 4 is 28.6 Å². The fraction of sp³-hybridized carbons (Fsp3) is 0.360. The number of rotatable bonds is 5. The van der Waals surface area contributed by atoms with Crippen LogP contribution in [0.1, 0.15) is 36.6 Å². The van der Waals surface area contributed by atoms with Crippen LogP contribution < -0.4 is 9.64 Å². The lowest BCUT2D eigenvalue weighted by molar-refractivity contribution is 0.273. The summed E-state index contributed by atoms with van der Waals surface area (Å²) in [6.45, 7) is 1.28. The molecule has 1 spiro atoms. The Morgan fingerprint density at radius 3 is 2.71 bits per heavy atom. The predicted molar refractivity (Wildman–Crippen MR) is 127 cm³/mol. The molecule has 1 aliphatic heterocycles. The monoisotopic (exact) mass is 496 g/mol. The van der Waals surface area contributed by atoms with Crippen molar-refractivity contribution in [3.63, 3.8) is 0 Å². The summed E-state index contributed by atoms with van der Waals surface area (Å²) in [5.74, 6) is 0.694. The Hall–Kier alpha value is -3.33. The van der Waals surface area contributed by atoms with Gasteiger partial charge in [0.15, 0.2) is 17.3 Å². The summed E-state index contributed by atoms with van der Waals surface area (Å²) in [5, 5.41) is 0.306. The van der Waals surface area contributed by atoms with Crippen molar-refractivity contribution < 1.29 is 13.5 Å². The number of hydrogen-bond acceptors (Lipinski definition) is 6. The van der Waals surface area contributed by atoms with Gasteiger partial charge in [-0.3, -0.25) is 0 Å². The summed E-state index contributed by atoms with van der Waals surface area (Å²) < 4.78 is 36.4. The molecule has 1 aromatic carbocycles. The maximum atomic E-state index is 14.6. The third kappa shape index (κ3) is 3.97. The van der Waals surface area contributed by atoms with Crippen LogP contribution in [0, 0.1) is 17.0 Å². The number of aryl methyl sites for hydroxylation is 1. The summed E-state index contributed by atoms with van der Waals surface area (Å²) in [5.41, 5.74) is 2.32. The minimum atomic E-state index is -0.500. The number of aromatic nitrogens is 5. The van der Waals surface area contributed by atoms with Crippen LogP contribution in [0.5, 0.6) is 6.01 Å². The summed E-state index contributed by atoms with van der Waals surface area (Å²) in [6.07, 6.45) is 5.78. The molecule has 1 saturated carbocycles. The first-order valence-electron chi connectivity index (χ1n) is 11.6. The first kappa shape index (κ1) is 22.2. The Morgan fingerprint density at radius 2 is 1.94 bits per heavy atom. The summed E-state index contributed by atoms with van der Waals surface area (Å²) in [4.78, 5) is 19.3. The van der Waals surface area contributed by atoms with E-state index in [0.717, 1.165) is 42.4 Å². The molecule has 0 N–H and O–H groups in total. The van der Waals surface area contributed by atoms with E-state index >= 15 is 0 Å². The molecule has 4 heterocycles. The van der Waals surface area contributed by atoms with E-state index in [0.29, 0.717) is 29.6 Å². The number of ether oxygens (including phenoxy) is 1. The second kappa shape index (κ2) is 8.41. The molecule has 6 rings (SSSR count). The van der Waals surface area contributed by atoms with Crippen molar-refractivity contribution in [1.29, 1.82) is 0 Å². The minimum absolute atomic E-state index is 0.00698. The molecule has 1 atom stereocenters. The van der Waals surface area contributed by atoms with Gasteiger partial charge in [0.1, 0.15) is 18.2 Å². The van der Waals surface area contributed by atoms with Crippen molar-refractivity contribution in [2.45, 2.75) is 31.8 Å². The third-order valence-electron chi connectivity index (χ3n) is 7.33. The van der Waals surface area contributed by atoms with Crippen LogP contribution in [0.4, 0.5) is 14.6 Å². The van der Waals surface area contributed by atoms with Gasteiger partial charge in [0.25, 0.3) is 0 Å². The SMILES string of the molecule is Cn1c([C@H]2CC23CCN(c2nc(OCc4ccc(Cl)cc4F)ncc2F)CC3)nc2ncccc21. The van der Waals surface area contributed by atoms with E-state index in [4.69, 9.17) is 21.3 Å². The van der Waals surface area contributed by atoms with Gasteiger partial charge in [0, 0.05) is 42.8 Å². The van der Waals surface area contributed by atoms with E-state index in [1.54, 1.807) is 18.3 Å². The average Bonchev–Trinajstić information content (AvgIpc) is 3.44. The standard InChI is InChI=1S/C25H23ClF2N6O/c1-33-20-3-2-8-29-21(20)31-22(33)17-12-25(17)6-9-34(10-7-25)23-19(28)13-30-24(32-23)35-14-15-4-5-16(26)11-18(15)27/h2-5,8,11,13,17H,6-7,9-10,12,14H2,1H3/t17-/m1/s1. The van der Waals surface area contributed by atoms with Crippen LogP contribution in [0.15, 0.2) is 42.7 Å². The zero-order valence-electron chi connectivity index (χ0n) is 19.1. The van der Waals surface area contributed by atoms with Crippen molar-refractivity contribution in [3.8, 4) is 6.01 Å². The largest absolute Gasteiger partial charge is 0.458 e. The quantitative estimate of drug-likeness (QED) is 0.385. The van der Waals surface area contributed by atoms with Gasteiger partial charge in [-0.15, -0.1) is 0 Å². The minimum Gasteiger partial charge on any atom is -0.458 e. The topological polar surface area (TPSA) is 69.0 Å². The number of benzene rings is 1. The van der Waals surface area contributed by atoms with Crippen molar-refractivity contribution in [2.24, 2.45) is 12.5 Å². The molecule has 10 heteroatoms. The predicted octanol–water partition coefficient (Wildman–Crippen LogP) is 5.04. The Bertz CT molecular complexity index is 1420. The second-order valence-electron chi connectivity index (χ2n) is 9.33. The zero-order valence-corrected chi connectivity index (χ0v) is 19.8. The molecule has 0 bridgehead atoms. The van der Waals surface area contributed by atoms with E-state index in [1.807, 2.05) is 24.1 Å². The summed E-state index contributed by atoms with van der Waals surface area (Å²) in [6, 6.07) is 8.31. The molecule has 7 nitrogen and oxygen atoms in total. The van der Waals surface area contributed by atoms with Gasteiger partial charge >= 0.3 is 6.01 Å². The number of anilines is 1. The van der Waals surface area contributed by atoms with Crippen molar-refractivity contribution in [2.75, 3.05) is 18.0 Å². The normalized spacial score (nSPS) is 18.9. The average molecular weight is 497 g/mol. The number of imidazole rings is 1. The van der Waals surface area contributed by atoms with E-state index in [2.05, 4.69) is 19.5 Å². The van der Waals surface area contributed by atoms with Crippen LogP contribution in [-0.4, -0.2) is 37.6 Å². The molecular formula is C25H23ClF2N6O. The molecule has 35 heavy (non-hydrogen) atoms. The maximum absolute atomic E-state index is 14.6. The molecule has 3 aromatic heterocycles. The zero-order chi connectivity index (χ0) is 24.2. The summed E-state index contributed by atoms with van der Waals surface area (Å²) in [7, 11) is 2.04. The van der Waals surface area contributed by atoms with Crippen LogP contribution in [0.3, 0.4) is 0 Å². The smallest absolute Gasteiger partial charge is 0.318 e. The highest BCUT2D eigenvalue weighted by atomic mass is 35.5. The molecule has 0 amide bonds. The van der Waals surface area contributed by atoms with Gasteiger partial charge in [-0.05, 0) is 48.9 Å². The van der Waals surface area contributed by atoms with Gasteiger partial charge in [0.2, 0.25) is 0 Å². The van der Waals surface area contributed by atoms with Crippen LogP contribution in [0.2, 0.25) is 5.02 Å². The molecule has 0 radical (unpaired) electrons. The number of pyridine rings is 1. The van der Waals surface area contributed by atoms with E-state index in [1.165, 1.54) is 6.07 Å². The lowest BCUT2D eigenvalue weighted by atomic mass is 9.90. The number of halogens is 3. The van der Waals surface area contributed by atoms with E-state index in [-0.39, 0.29) is 23.9 Å². The third-order valence-corrected chi connectivity index (χ3v) is 7.56. The van der Waals surface area contributed by atoms with Gasteiger partial charge in [-0.25, -0.2) is 23.7 Å². The fourth-order valence-electron chi connectivity index (χ4n) is 5.20. The highest BCUT2D eigenvalue weighted by molar-refractivity contribution is 6.30. The Kier molecular flexibility index (Phi) is 5.32. The van der Waals surface area contributed by atoms with Crippen LogP contribution in [0.25, 0.3) is 11.2 Å². The molecule has 0 unspecified atom stereocenters. The second-order valence-corrected chi connectivity index (χ2v) is 9.77. The van der Waals surface area contributed by atoms with Crippen molar-refractivity contribution in [1.82, 2.24) is 24.5 Å². The molecule has 1 aliphatic carbocycles. The molecule has 1 saturated heterocycles. The van der Waals surface area contributed by atoms with Crippen molar-refractivity contribution in [3.05, 3.63) is 70.8 Å². The molecular weight excluding hydrogens is 474 g/mol. The van der Waals surface area contributed by atoms with Gasteiger partial charge in [-0.1, -0.05) is 17.7 Å². The van der Waals surface area contributed by atoms with Gasteiger partial charge < -0.3 is 14.2 Å². The number of hydrogen-bond donors (Lipinski definition) is 0. The Labute approximate surface area is 205 Å². The fourth-order valence-corrected chi connectivity index (χ4v) is 5.36. The van der Waals surface area contributed by atoms with E-state index < -0.39 is 11.6 Å². The first-order valence-corrected chi connectivity index (χ1v) is 11.9. The molecule has 180 valence electrons. The molecule has 2 fully saturated rings. The summed E-state index contributed by atoms with van der Waals surface area (Å²) >= 11 is 5.79. The highest BCUT2D eigenvalue weighted by Crippen LogP contribution is 2.64. The van der Waals surface area contributed by atoms with Gasteiger partial charge in [0.05, 0.1) is 11.7 Å². The highest BCUT2D eigenvalue weighted by Gasteiger charge is 2.57. The number of fused-ring (bicyclic) bond motifs is 1. The number of nitrogens with zero attached hydrogens (tertiary/aromatic N) is 6. The van der Waals surface area contributed by atoms with E-state index in [9.17, 15) is 8.78 Å². The Morgan fingerprint density at radius 1 is 1.11 bits per heavy atom. The lowest BCUT2D eigenvalue weighted by Crippen LogP contribution is -2.36. The Balaban J connectivity index is 1.13. The molecule has 2 aliphatic rings. The number of piperidine rings is 1. The molecule has 4 aromatic rings. The van der Waals surface area contributed by atoms with Crippen LogP contribution in [-0.2, 0) is 13.7 Å².